The summed E-state index contributed by atoms with van der Waals surface area (Å²) in [5, 5.41) is 11.1. The second-order valence-electron chi connectivity index (χ2n) is 12.4. The second-order valence-corrected chi connectivity index (χ2v) is 12.4. The second kappa shape index (κ2) is 9.64. The average Bonchev–Trinajstić information content (AvgIpc) is 3.24. The minimum atomic E-state index is -0.573. The van der Waals surface area contributed by atoms with E-state index in [1.807, 2.05) is 103 Å². The maximum atomic E-state index is 9.77. The molecule has 0 heterocycles. The van der Waals surface area contributed by atoms with Gasteiger partial charge in [0.2, 0.25) is 0 Å². The minimum Gasteiger partial charge on any atom is -0.0616 e. The Morgan fingerprint density at radius 2 is 0.688 bits per heavy atom. The van der Waals surface area contributed by atoms with Gasteiger partial charge in [0, 0.05) is 0 Å². The van der Waals surface area contributed by atoms with Crippen molar-refractivity contribution in [2.45, 2.75) is 0 Å². The highest BCUT2D eigenvalue weighted by molar-refractivity contribution is 6.27. The van der Waals surface area contributed by atoms with Crippen LogP contribution < -0.4 is 0 Å². The molecule has 11 aromatic carbocycles. The normalized spacial score (nSPS) is 15.1. The van der Waals surface area contributed by atoms with E-state index in [1.54, 1.807) is 0 Å². The van der Waals surface area contributed by atoms with Gasteiger partial charge in [-0.2, -0.15) is 0 Å². The molecule has 0 fully saturated rings. The summed E-state index contributed by atoms with van der Waals surface area (Å²) in [6.07, 6.45) is 0. The highest BCUT2D eigenvalue weighted by Crippen LogP contribution is 2.44. The van der Waals surface area contributed by atoms with Crippen molar-refractivity contribution >= 4 is 75.4 Å². The molecular weight excluding hydrogens is 577 g/mol. The molecule has 0 atom stereocenters. The van der Waals surface area contributed by atoms with E-state index in [9.17, 15) is 8.22 Å². The lowest BCUT2D eigenvalue weighted by molar-refractivity contribution is 1.61. The van der Waals surface area contributed by atoms with Crippen LogP contribution in [0, 0.1) is 0 Å². The van der Waals surface area contributed by atoms with Crippen molar-refractivity contribution in [3.63, 3.8) is 0 Å². The lowest BCUT2D eigenvalue weighted by Crippen LogP contribution is -1.91. The minimum absolute atomic E-state index is 0.0942. The van der Waals surface area contributed by atoms with E-state index < -0.39 is 42.3 Å². The van der Waals surface area contributed by atoms with Gasteiger partial charge < -0.3 is 0 Å². The molecule has 0 spiro atoms. The number of benzene rings is 11. The van der Waals surface area contributed by atoms with Gasteiger partial charge in [0.1, 0.15) is 0 Å². The van der Waals surface area contributed by atoms with Crippen LogP contribution in [0.1, 0.15) is 13.7 Å². The molecule has 0 aliphatic carbocycles. The third-order valence-electron chi connectivity index (χ3n) is 9.91. The Morgan fingerprint density at radius 3 is 1.23 bits per heavy atom. The zero-order valence-corrected chi connectivity index (χ0v) is 25.4. The van der Waals surface area contributed by atoms with Crippen LogP contribution in [0.5, 0.6) is 0 Å². The first-order valence-corrected chi connectivity index (χ1v) is 16.0. The maximum Gasteiger partial charge on any atom is 0.0636 e. The largest absolute Gasteiger partial charge is 0.0636 e. The highest BCUT2D eigenvalue weighted by atomic mass is 14.2. The molecule has 0 unspecified atom stereocenters. The molecule has 0 radical (unpaired) electrons. The van der Waals surface area contributed by atoms with E-state index in [-0.39, 0.29) is 51.2 Å². The molecule has 0 heteroatoms. The first kappa shape index (κ1) is 18.2. The zero-order chi connectivity index (χ0) is 40.0. The summed E-state index contributed by atoms with van der Waals surface area (Å²) < 4.78 is 92.7. The fraction of sp³-hybridized carbons (Fsp3) is 0. The van der Waals surface area contributed by atoms with E-state index in [4.69, 9.17) is 5.48 Å². The number of rotatable bonds is 3. The van der Waals surface area contributed by atoms with Crippen molar-refractivity contribution in [3.05, 3.63) is 170 Å². The number of hydrogen-bond donors (Lipinski definition) is 0. The summed E-state index contributed by atoms with van der Waals surface area (Å²) in [6.45, 7) is 0. The molecule has 0 nitrogen and oxygen atoms in total. The lowest BCUT2D eigenvalue weighted by Gasteiger charge is -2.18. The van der Waals surface area contributed by atoms with Crippen LogP contribution in [0.15, 0.2) is 170 Å². The van der Waals surface area contributed by atoms with Crippen LogP contribution >= 0.6 is 0 Å². The molecule has 48 heavy (non-hydrogen) atoms. The first-order valence-electron chi connectivity index (χ1n) is 21.0. The average molecular weight is 615 g/mol. The van der Waals surface area contributed by atoms with Crippen LogP contribution in [-0.2, 0) is 0 Å². The van der Waals surface area contributed by atoms with E-state index in [0.717, 1.165) is 64.6 Å². The molecular formula is C48H28. The summed E-state index contributed by atoms with van der Waals surface area (Å²) in [7, 11) is 0. The summed E-state index contributed by atoms with van der Waals surface area (Å²) in [6, 6.07) is 31.3. The Kier molecular flexibility index (Phi) is 3.65. The molecule has 0 saturated carbocycles. The quantitative estimate of drug-likeness (QED) is 0.174. The third kappa shape index (κ3) is 3.60. The van der Waals surface area contributed by atoms with Crippen molar-refractivity contribution in [3.8, 4) is 33.4 Å². The molecule has 0 saturated heterocycles. The van der Waals surface area contributed by atoms with Crippen LogP contribution in [0.2, 0.25) is 0 Å². The summed E-state index contributed by atoms with van der Waals surface area (Å²) >= 11 is 0. The fourth-order valence-corrected chi connectivity index (χ4v) is 7.74. The smallest absolute Gasteiger partial charge is 0.0616 e. The molecule has 0 aliphatic rings. The van der Waals surface area contributed by atoms with E-state index in [2.05, 4.69) is 6.07 Å². The molecule has 0 aliphatic heterocycles. The monoisotopic (exact) mass is 614 g/mol. The number of hydrogen-bond acceptors (Lipinski definition) is 0. The van der Waals surface area contributed by atoms with E-state index >= 15 is 0 Å². The van der Waals surface area contributed by atoms with Gasteiger partial charge in [-0.25, -0.2) is 0 Å². The van der Waals surface area contributed by atoms with Gasteiger partial charge in [-0.3, -0.25) is 0 Å². The van der Waals surface area contributed by atoms with Crippen molar-refractivity contribution < 1.29 is 13.7 Å². The predicted octanol–water partition coefficient (Wildman–Crippen LogP) is 13.6. The van der Waals surface area contributed by atoms with Gasteiger partial charge in [0.15, 0.2) is 0 Å². The third-order valence-corrected chi connectivity index (χ3v) is 9.91. The molecule has 11 aromatic rings. The molecule has 0 aromatic heterocycles. The van der Waals surface area contributed by atoms with Crippen LogP contribution in [0.3, 0.4) is 0 Å². The van der Waals surface area contributed by atoms with Crippen molar-refractivity contribution in [2.24, 2.45) is 0 Å². The zero-order valence-electron chi connectivity index (χ0n) is 35.4. The number of fused-ring (bicyclic) bond motifs is 1. The molecule has 220 valence electrons. The maximum absolute atomic E-state index is 9.77. The topological polar surface area (TPSA) is 0 Å². The van der Waals surface area contributed by atoms with Crippen LogP contribution in [0.4, 0.5) is 0 Å². The Bertz CT molecular complexity index is 3570. The Labute approximate surface area is 291 Å². The van der Waals surface area contributed by atoms with Gasteiger partial charge in [0.25, 0.3) is 0 Å². The SMILES string of the molecule is [2H]c1c([2H])c(-c2ccc3ccc4cccc5ccc2c3c45)c([2H])c([2H])c1-c1c(-c2ccc3ccc4cccc5ccc2c3c45)c([2H])c2c([2H])c([2H])c([2H])c([2H])c2c1[2H]. The summed E-state index contributed by atoms with van der Waals surface area (Å²) in [4.78, 5) is 0. The first-order chi connectivity index (χ1) is 28.0. The van der Waals surface area contributed by atoms with Gasteiger partial charge in [-0.15, -0.1) is 0 Å². The van der Waals surface area contributed by atoms with Crippen molar-refractivity contribution in [1.29, 1.82) is 0 Å². The molecule has 0 N–H and O–H groups in total. The predicted molar refractivity (Wildman–Crippen MR) is 208 cm³/mol. The van der Waals surface area contributed by atoms with E-state index in [1.165, 1.54) is 0 Å². The Hall–Kier alpha value is -6.24. The molecule has 11 rings (SSSR count). The van der Waals surface area contributed by atoms with Crippen molar-refractivity contribution in [1.82, 2.24) is 0 Å². The summed E-state index contributed by atoms with van der Waals surface area (Å²) in [5.74, 6) is 0. The Morgan fingerprint density at radius 1 is 0.292 bits per heavy atom. The van der Waals surface area contributed by atoms with Gasteiger partial charge >= 0.3 is 0 Å². The summed E-state index contributed by atoms with van der Waals surface area (Å²) in [5.41, 5.74) is 0.877. The Balaban J connectivity index is 1.28. The lowest BCUT2D eigenvalue weighted by atomic mass is 9.85. The van der Waals surface area contributed by atoms with Crippen molar-refractivity contribution in [2.75, 3.05) is 0 Å². The van der Waals surface area contributed by atoms with Gasteiger partial charge in [0.05, 0.1) is 13.7 Å². The van der Waals surface area contributed by atoms with E-state index in [0.29, 0.717) is 11.1 Å². The van der Waals surface area contributed by atoms with Crippen LogP contribution in [-0.4, -0.2) is 0 Å². The van der Waals surface area contributed by atoms with Gasteiger partial charge in [-0.05, 0) is 121 Å². The molecule has 0 bridgehead atoms. The molecule has 0 amide bonds. The fourth-order valence-electron chi connectivity index (χ4n) is 7.74. The highest BCUT2D eigenvalue weighted by Gasteiger charge is 2.17. The van der Waals surface area contributed by atoms with Gasteiger partial charge in [-0.1, -0.05) is 158 Å². The standard InChI is InChI=1S/C48H28/c1-2-6-38-28-44(40-24-20-36-18-16-32-8-4-10-34-22-26-42(40)48(36)46(32)34)43(27-37(38)5-1)30-13-11-29(12-14-30)39-23-19-35-17-15-31-7-3-9-33-21-25-41(39)47(35)45(31)33/h1-28H/i1D,2D,5D,6D,11D,12D,13D,14D,27D,28D. The van der Waals surface area contributed by atoms with Crippen LogP contribution in [0.25, 0.3) is 109 Å².